The highest BCUT2D eigenvalue weighted by molar-refractivity contribution is 5.89. The average Bonchev–Trinajstić information content (AvgIpc) is 3.20. The van der Waals surface area contributed by atoms with Crippen molar-refractivity contribution in [2.24, 2.45) is 11.8 Å². The van der Waals surface area contributed by atoms with Gasteiger partial charge >= 0.3 is 0 Å². The number of ether oxygens (including phenoxy) is 1. The van der Waals surface area contributed by atoms with Crippen molar-refractivity contribution in [3.05, 3.63) is 12.3 Å². The van der Waals surface area contributed by atoms with Gasteiger partial charge in [-0.3, -0.25) is 4.79 Å². The Hall–Kier alpha value is -1.40. The minimum atomic E-state index is 0.0892. The number of carbonyl (C=O) groups is 1. The molecule has 0 radical (unpaired) electrons. The highest BCUT2D eigenvalue weighted by atomic mass is 16.5. The molecule has 1 aromatic rings. The van der Waals surface area contributed by atoms with Crippen molar-refractivity contribution < 1.29 is 9.53 Å². The quantitative estimate of drug-likeness (QED) is 0.828. The summed E-state index contributed by atoms with van der Waals surface area (Å²) < 4.78 is 7.27. The predicted octanol–water partition coefficient (Wildman–Crippen LogP) is 1.25. The highest BCUT2D eigenvalue weighted by Crippen LogP contribution is 2.18. The fourth-order valence-corrected chi connectivity index (χ4v) is 3.06. The van der Waals surface area contributed by atoms with Gasteiger partial charge in [0.05, 0.1) is 12.8 Å². The van der Waals surface area contributed by atoms with Crippen LogP contribution in [0.5, 0.6) is 0 Å². The number of hydrogen-bond acceptors (Lipinski definition) is 4. The summed E-state index contributed by atoms with van der Waals surface area (Å²) in [6.45, 7) is 4.58. The molecule has 2 aliphatic heterocycles. The van der Waals surface area contributed by atoms with Crippen LogP contribution in [0.1, 0.15) is 25.7 Å². The molecule has 3 rings (SSSR count). The molecule has 3 heterocycles. The molecule has 2 fully saturated rings. The van der Waals surface area contributed by atoms with Gasteiger partial charge in [-0.05, 0) is 38.3 Å². The Bertz CT molecular complexity index is 462. The van der Waals surface area contributed by atoms with Gasteiger partial charge in [0.1, 0.15) is 5.82 Å². The lowest BCUT2D eigenvalue weighted by molar-refractivity contribution is -0.116. The highest BCUT2D eigenvalue weighted by Gasteiger charge is 2.19. The first kappa shape index (κ1) is 14.5. The monoisotopic (exact) mass is 292 g/mol. The lowest BCUT2D eigenvalue weighted by atomic mass is 10.0. The topological polar surface area (TPSA) is 68.2 Å². The molecule has 21 heavy (non-hydrogen) atoms. The van der Waals surface area contributed by atoms with E-state index in [2.05, 4.69) is 15.7 Å². The van der Waals surface area contributed by atoms with Crippen LogP contribution in [0.25, 0.3) is 0 Å². The van der Waals surface area contributed by atoms with Crippen LogP contribution in [0.2, 0.25) is 0 Å². The second-order valence-corrected chi connectivity index (χ2v) is 6.07. The molecule has 0 spiro atoms. The molecule has 6 nitrogen and oxygen atoms in total. The molecular weight excluding hydrogens is 268 g/mol. The summed E-state index contributed by atoms with van der Waals surface area (Å²) in [7, 11) is 0. The van der Waals surface area contributed by atoms with Crippen LogP contribution in [-0.2, 0) is 16.1 Å². The zero-order valence-electron chi connectivity index (χ0n) is 12.4. The lowest BCUT2D eigenvalue weighted by Gasteiger charge is -2.13. The molecule has 0 saturated carbocycles. The molecule has 0 bridgehead atoms. The van der Waals surface area contributed by atoms with E-state index in [0.717, 1.165) is 51.5 Å². The van der Waals surface area contributed by atoms with Gasteiger partial charge in [0.15, 0.2) is 0 Å². The molecule has 2 unspecified atom stereocenters. The van der Waals surface area contributed by atoms with Gasteiger partial charge in [-0.2, -0.15) is 5.10 Å². The van der Waals surface area contributed by atoms with E-state index in [-0.39, 0.29) is 5.91 Å². The van der Waals surface area contributed by atoms with E-state index in [4.69, 9.17) is 4.74 Å². The third kappa shape index (κ3) is 4.04. The number of anilines is 1. The summed E-state index contributed by atoms with van der Waals surface area (Å²) in [4.78, 5) is 12.1. The summed E-state index contributed by atoms with van der Waals surface area (Å²) in [5.41, 5.74) is 0. The number of aromatic nitrogens is 2. The zero-order valence-corrected chi connectivity index (χ0v) is 12.4. The first-order chi connectivity index (χ1) is 10.3. The zero-order chi connectivity index (χ0) is 14.5. The van der Waals surface area contributed by atoms with Crippen LogP contribution >= 0.6 is 0 Å². The first-order valence-corrected chi connectivity index (χ1v) is 7.91. The van der Waals surface area contributed by atoms with Crippen LogP contribution in [0.3, 0.4) is 0 Å². The molecular formula is C15H24N4O2. The second kappa shape index (κ2) is 7.04. The largest absolute Gasteiger partial charge is 0.381 e. The SMILES string of the molecule is O=C(CCC1CCNC1)Nc1ccnn1CC1CCOC1. The van der Waals surface area contributed by atoms with Crippen molar-refractivity contribution in [2.75, 3.05) is 31.6 Å². The molecule has 0 aromatic carbocycles. The van der Waals surface area contributed by atoms with Crippen molar-refractivity contribution in [1.82, 2.24) is 15.1 Å². The minimum Gasteiger partial charge on any atom is -0.381 e. The molecule has 2 aliphatic rings. The van der Waals surface area contributed by atoms with E-state index in [1.165, 1.54) is 6.42 Å². The third-order valence-electron chi connectivity index (χ3n) is 4.38. The van der Waals surface area contributed by atoms with Crippen LogP contribution < -0.4 is 10.6 Å². The fourth-order valence-electron chi connectivity index (χ4n) is 3.06. The van der Waals surface area contributed by atoms with E-state index < -0.39 is 0 Å². The molecule has 6 heteroatoms. The Balaban J connectivity index is 1.47. The standard InChI is InChI=1S/C15H24N4O2/c20-15(2-1-12-3-6-16-9-12)18-14-4-7-17-19(14)10-13-5-8-21-11-13/h4,7,12-13,16H,1-3,5-6,8-11H2,(H,18,20). The molecule has 0 aliphatic carbocycles. The summed E-state index contributed by atoms with van der Waals surface area (Å²) >= 11 is 0. The lowest BCUT2D eigenvalue weighted by Crippen LogP contribution is -2.19. The van der Waals surface area contributed by atoms with Gasteiger partial charge in [-0.1, -0.05) is 0 Å². The molecule has 116 valence electrons. The Morgan fingerprint density at radius 3 is 3.19 bits per heavy atom. The Morgan fingerprint density at radius 1 is 1.48 bits per heavy atom. The smallest absolute Gasteiger partial charge is 0.225 e. The fraction of sp³-hybridized carbons (Fsp3) is 0.733. The Labute approximate surface area is 125 Å². The maximum atomic E-state index is 12.1. The second-order valence-electron chi connectivity index (χ2n) is 6.07. The summed E-state index contributed by atoms with van der Waals surface area (Å²) in [6, 6.07) is 1.87. The Kier molecular flexibility index (Phi) is 4.87. The Morgan fingerprint density at radius 2 is 2.43 bits per heavy atom. The van der Waals surface area contributed by atoms with Crippen LogP contribution in [-0.4, -0.2) is 42.0 Å². The number of hydrogen-bond donors (Lipinski definition) is 2. The molecule has 2 saturated heterocycles. The maximum absolute atomic E-state index is 12.1. The van der Waals surface area contributed by atoms with E-state index >= 15 is 0 Å². The molecule has 1 amide bonds. The molecule has 1 aromatic heterocycles. The maximum Gasteiger partial charge on any atom is 0.225 e. The number of nitrogens with zero attached hydrogens (tertiary/aromatic N) is 2. The van der Waals surface area contributed by atoms with Crippen LogP contribution in [0, 0.1) is 11.8 Å². The molecule has 2 N–H and O–H groups in total. The van der Waals surface area contributed by atoms with E-state index in [1.807, 2.05) is 10.7 Å². The van der Waals surface area contributed by atoms with Crippen LogP contribution in [0.15, 0.2) is 12.3 Å². The van der Waals surface area contributed by atoms with Crippen molar-refractivity contribution in [3.63, 3.8) is 0 Å². The predicted molar refractivity (Wildman–Crippen MR) is 80.0 cm³/mol. The summed E-state index contributed by atoms with van der Waals surface area (Å²) in [5, 5.41) is 10.6. The third-order valence-corrected chi connectivity index (χ3v) is 4.38. The van der Waals surface area contributed by atoms with Gasteiger partial charge in [-0.25, -0.2) is 4.68 Å². The minimum absolute atomic E-state index is 0.0892. The van der Waals surface area contributed by atoms with Crippen LogP contribution in [0.4, 0.5) is 5.82 Å². The summed E-state index contributed by atoms with van der Waals surface area (Å²) in [5.74, 6) is 2.05. The number of amides is 1. The van der Waals surface area contributed by atoms with E-state index in [0.29, 0.717) is 18.3 Å². The van der Waals surface area contributed by atoms with Gasteiger partial charge in [0.2, 0.25) is 5.91 Å². The van der Waals surface area contributed by atoms with Crippen molar-refractivity contribution >= 4 is 11.7 Å². The number of rotatable bonds is 6. The first-order valence-electron chi connectivity index (χ1n) is 7.91. The van der Waals surface area contributed by atoms with Crippen molar-refractivity contribution in [3.8, 4) is 0 Å². The van der Waals surface area contributed by atoms with Crippen molar-refractivity contribution in [2.45, 2.75) is 32.2 Å². The number of nitrogens with one attached hydrogen (secondary N) is 2. The average molecular weight is 292 g/mol. The van der Waals surface area contributed by atoms with Crippen molar-refractivity contribution in [1.29, 1.82) is 0 Å². The molecule has 2 atom stereocenters. The van der Waals surface area contributed by atoms with E-state index in [9.17, 15) is 4.79 Å². The summed E-state index contributed by atoms with van der Waals surface area (Å²) in [6.07, 6.45) is 5.55. The number of carbonyl (C=O) groups excluding carboxylic acids is 1. The van der Waals surface area contributed by atoms with Gasteiger partial charge in [-0.15, -0.1) is 0 Å². The van der Waals surface area contributed by atoms with E-state index in [1.54, 1.807) is 6.20 Å². The normalized spacial score (nSPS) is 25.3. The van der Waals surface area contributed by atoms with Gasteiger partial charge in [0, 0.05) is 31.6 Å². The van der Waals surface area contributed by atoms with Gasteiger partial charge < -0.3 is 15.4 Å². The van der Waals surface area contributed by atoms with Gasteiger partial charge in [0.25, 0.3) is 0 Å².